The van der Waals surface area contributed by atoms with Crippen LogP contribution in [-0.4, -0.2) is 73.4 Å². The minimum atomic E-state index is -0.286. The molecule has 0 radical (unpaired) electrons. The van der Waals surface area contributed by atoms with Gasteiger partial charge in [0.15, 0.2) is 18.1 Å². The number of carbonyl (C=O) groups excluding carboxylic acids is 1. The highest BCUT2D eigenvalue weighted by atomic mass is 16.5. The van der Waals surface area contributed by atoms with Crippen LogP contribution in [0.1, 0.15) is 13.3 Å². The van der Waals surface area contributed by atoms with E-state index in [2.05, 4.69) is 4.90 Å². The van der Waals surface area contributed by atoms with Crippen LogP contribution in [0, 0.1) is 0 Å². The van der Waals surface area contributed by atoms with Gasteiger partial charge in [-0.3, -0.25) is 9.69 Å². The molecule has 1 N–H and O–H groups in total. The maximum absolute atomic E-state index is 12.2. The van der Waals surface area contributed by atoms with Crippen LogP contribution in [0.25, 0.3) is 0 Å². The average Bonchev–Trinajstić information content (AvgIpc) is 2.60. The molecule has 0 aliphatic carbocycles. The summed E-state index contributed by atoms with van der Waals surface area (Å²) in [5.74, 6) is 1.18. The van der Waals surface area contributed by atoms with Crippen molar-refractivity contribution in [1.82, 2.24) is 9.80 Å². The largest absolute Gasteiger partial charge is 0.493 e. The molecule has 1 aromatic carbocycles. The first-order valence-electron chi connectivity index (χ1n) is 8.08. The van der Waals surface area contributed by atoms with Crippen molar-refractivity contribution >= 4 is 5.91 Å². The molecule has 1 aliphatic rings. The van der Waals surface area contributed by atoms with Gasteiger partial charge in [-0.1, -0.05) is 19.1 Å². The summed E-state index contributed by atoms with van der Waals surface area (Å²) in [6, 6.07) is 7.30. The summed E-state index contributed by atoms with van der Waals surface area (Å²) < 4.78 is 10.8. The van der Waals surface area contributed by atoms with Gasteiger partial charge in [0.2, 0.25) is 0 Å². The molecule has 1 atom stereocenters. The van der Waals surface area contributed by atoms with Crippen LogP contribution in [0.5, 0.6) is 11.5 Å². The number of aliphatic hydroxyl groups is 1. The predicted molar refractivity (Wildman–Crippen MR) is 87.8 cm³/mol. The van der Waals surface area contributed by atoms with E-state index in [-0.39, 0.29) is 18.6 Å². The predicted octanol–water partition coefficient (Wildman–Crippen LogP) is 0.989. The van der Waals surface area contributed by atoms with Gasteiger partial charge in [0, 0.05) is 32.7 Å². The van der Waals surface area contributed by atoms with Crippen molar-refractivity contribution in [1.29, 1.82) is 0 Å². The molecule has 0 aromatic heterocycles. The number of methoxy groups -OCH3 is 1. The number of β-amino-alcohol motifs (C(OH)–C–C–N with tert-alkyl or cyclic N) is 1. The lowest BCUT2D eigenvalue weighted by atomic mass is 10.2. The molecule has 1 fully saturated rings. The monoisotopic (exact) mass is 322 g/mol. The topological polar surface area (TPSA) is 62.2 Å². The lowest BCUT2D eigenvalue weighted by molar-refractivity contribution is -0.135. The molecule has 6 heteroatoms. The summed E-state index contributed by atoms with van der Waals surface area (Å²) in [6.45, 7) is 5.58. The molecule has 0 spiro atoms. The lowest BCUT2D eigenvalue weighted by Crippen LogP contribution is -2.51. The Morgan fingerprint density at radius 2 is 1.87 bits per heavy atom. The summed E-state index contributed by atoms with van der Waals surface area (Å²) >= 11 is 0. The molecular formula is C17H26N2O4. The summed E-state index contributed by atoms with van der Waals surface area (Å²) in [7, 11) is 1.58. The normalized spacial score (nSPS) is 16.9. The van der Waals surface area contributed by atoms with E-state index in [4.69, 9.17) is 9.47 Å². The molecule has 1 unspecified atom stereocenters. The fraction of sp³-hybridized carbons (Fsp3) is 0.588. The van der Waals surface area contributed by atoms with Crippen LogP contribution in [-0.2, 0) is 4.79 Å². The molecule has 1 amide bonds. The number of ether oxygens (including phenoxy) is 2. The number of aliphatic hydroxyl groups excluding tert-OH is 1. The molecule has 2 rings (SSSR count). The molecule has 1 aliphatic heterocycles. The molecule has 1 saturated heterocycles. The third-order valence-electron chi connectivity index (χ3n) is 4.09. The number of rotatable bonds is 7. The minimum absolute atomic E-state index is 0.0119. The summed E-state index contributed by atoms with van der Waals surface area (Å²) in [5, 5.41) is 9.69. The molecule has 1 aromatic rings. The SMILES string of the molecule is CCC(O)CN1CCN(C(=O)COc2ccccc2OC)CC1. The molecule has 23 heavy (non-hydrogen) atoms. The van der Waals surface area contributed by atoms with Crippen molar-refractivity contribution in [3.63, 3.8) is 0 Å². The van der Waals surface area contributed by atoms with E-state index in [1.165, 1.54) is 0 Å². The molecular weight excluding hydrogens is 296 g/mol. The fourth-order valence-corrected chi connectivity index (χ4v) is 2.58. The number of para-hydroxylation sites is 2. The van der Waals surface area contributed by atoms with Crippen LogP contribution >= 0.6 is 0 Å². The zero-order valence-electron chi connectivity index (χ0n) is 13.9. The van der Waals surface area contributed by atoms with Crippen LogP contribution in [0.3, 0.4) is 0 Å². The van der Waals surface area contributed by atoms with E-state index in [0.29, 0.717) is 31.1 Å². The quantitative estimate of drug-likeness (QED) is 0.811. The molecule has 6 nitrogen and oxygen atoms in total. The van der Waals surface area contributed by atoms with Gasteiger partial charge in [-0.05, 0) is 18.6 Å². The smallest absolute Gasteiger partial charge is 0.260 e. The van der Waals surface area contributed by atoms with Crippen LogP contribution in [0.2, 0.25) is 0 Å². The molecule has 128 valence electrons. The maximum atomic E-state index is 12.2. The Balaban J connectivity index is 1.77. The third kappa shape index (κ3) is 5.11. The Morgan fingerprint density at radius 3 is 2.48 bits per heavy atom. The highest BCUT2D eigenvalue weighted by Crippen LogP contribution is 2.25. The highest BCUT2D eigenvalue weighted by molar-refractivity contribution is 5.78. The van der Waals surface area contributed by atoms with E-state index >= 15 is 0 Å². The number of hydrogen-bond acceptors (Lipinski definition) is 5. The van der Waals surface area contributed by atoms with Gasteiger partial charge in [0.25, 0.3) is 5.91 Å². The van der Waals surface area contributed by atoms with E-state index in [0.717, 1.165) is 19.5 Å². The molecule has 1 heterocycles. The summed E-state index contributed by atoms with van der Waals surface area (Å²) in [5.41, 5.74) is 0. The first-order chi connectivity index (χ1) is 11.1. The standard InChI is InChI=1S/C17H26N2O4/c1-3-14(20)12-18-8-10-19(11-9-18)17(21)13-23-16-7-5-4-6-15(16)22-2/h4-7,14,20H,3,8-13H2,1-2H3. The zero-order valence-corrected chi connectivity index (χ0v) is 13.9. The Labute approximate surface area is 137 Å². The first kappa shape index (κ1) is 17.6. The van der Waals surface area contributed by atoms with Gasteiger partial charge in [0.1, 0.15) is 0 Å². The number of carbonyl (C=O) groups is 1. The van der Waals surface area contributed by atoms with Crippen molar-refractivity contribution < 1.29 is 19.4 Å². The number of piperazine rings is 1. The number of benzene rings is 1. The van der Waals surface area contributed by atoms with Gasteiger partial charge < -0.3 is 19.5 Å². The second-order valence-electron chi connectivity index (χ2n) is 5.68. The Kier molecular flexibility index (Phi) is 6.67. The number of hydrogen-bond donors (Lipinski definition) is 1. The Bertz CT molecular complexity index is 501. The van der Waals surface area contributed by atoms with Crippen molar-refractivity contribution in [3.8, 4) is 11.5 Å². The van der Waals surface area contributed by atoms with Crippen molar-refractivity contribution in [2.24, 2.45) is 0 Å². The van der Waals surface area contributed by atoms with E-state index in [1.54, 1.807) is 19.2 Å². The van der Waals surface area contributed by atoms with E-state index < -0.39 is 0 Å². The molecule has 0 saturated carbocycles. The number of amides is 1. The van der Waals surface area contributed by atoms with Gasteiger partial charge in [-0.15, -0.1) is 0 Å². The Hall–Kier alpha value is -1.79. The van der Waals surface area contributed by atoms with Gasteiger partial charge in [-0.2, -0.15) is 0 Å². The van der Waals surface area contributed by atoms with E-state index in [9.17, 15) is 9.90 Å². The van der Waals surface area contributed by atoms with Crippen LogP contribution in [0.4, 0.5) is 0 Å². The fourth-order valence-electron chi connectivity index (χ4n) is 2.58. The highest BCUT2D eigenvalue weighted by Gasteiger charge is 2.22. The van der Waals surface area contributed by atoms with Crippen molar-refractivity contribution in [2.45, 2.75) is 19.4 Å². The second kappa shape index (κ2) is 8.74. The Morgan fingerprint density at radius 1 is 1.22 bits per heavy atom. The van der Waals surface area contributed by atoms with Crippen LogP contribution in [0.15, 0.2) is 24.3 Å². The van der Waals surface area contributed by atoms with Gasteiger partial charge in [0.05, 0.1) is 13.2 Å². The summed E-state index contributed by atoms with van der Waals surface area (Å²) in [6.07, 6.45) is 0.470. The average molecular weight is 322 g/mol. The van der Waals surface area contributed by atoms with Crippen LogP contribution < -0.4 is 9.47 Å². The van der Waals surface area contributed by atoms with Crippen molar-refractivity contribution in [2.75, 3.05) is 46.4 Å². The third-order valence-corrected chi connectivity index (χ3v) is 4.09. The minimum Gasteiger partial charge on any atom is -0.493 e. The van der Waals surface area contributed by atoms with E-state index in [1.807, 2.05) is 24.0 Å². The summed E-state index contributed by atoms with van der Waals surface area (Å²) in [4.78, 5) is 16.3. The lowest BCUT2D eigenvalue weighted by Gasteiger charge is -2.35. The maximum Gasteiger partial charge on any atom is 0.260 e. The first-order valence-corrected chi connectivity index (χ1v) is 8.08. The molecule has 0 bridgehead atoms. The van der Waals surface area contributed by atoms with Crippen molar-refractivity contribution in [3.05, 3.63) is 24.3 Å². The number of nitrogens with zero attached hydrogens (tertiary/aromatic N) is 2. The van der Waals surface area contributed by atoms with Gasteiger partial charge in [-0.25, -0.2) is 0 Å². The zero-order chi connectivity index (χ0) is 16.7. The van der Waals surface area contributed by atoms with Gasteiger partial charge >= 0.3 is 0 Å². The second-order valence-corrected chi connectivity index (χ2v) is 5.68.